The minimum absolute atomic E-state index is 0.255. The Morgan fingerprint density at radius 1 is 0.846 bits per heavy atom. The van der Waals surface area contributed by atoms with Gasteiger partial charge in [-0.3, -0.25) is 5.10 Å². The van der Waals surface area contributed by atoms with E-state index in [1.54, 1.807) is 0 Å². The standard InChI is InChI=1S/C32H26N6O/c1-4-27-35-26-15-39-31-20-8-5-17(11-19(20)7-10-22(31)28(26)36-27)18-6-9-21-23(12-18)24-13-33-34-14-25(24)30-29(21)37-32(38-30)16(2)3/h5-14,16,33H,4,15H2,1-3H3,(H,35,36). The van der Waals surface area contributed by atoms with Crippen LogP contribution in [0.4, 0.5) is 0 Å². The molecule has 39 heavy (non-hydrogen) atoms. The van der Waals surface area contributed by atoms with Gasteiger partial charge in [-0.2, -0.15) is 5.10 Å². The van der Waals surface area contributed by atoms with E-state index in [-0.39, 0.29) is 5.92 Å². The van der Waals surface area contributed by atoms with Gasteiger partial charge >= 0.3 is 0 Å². The van der Waals surface area contributed by atoms with Crippen LogP contribution in [-0.2, 0) is 13.0 Å². The van der Waals surface area contributed by atoms with E-state index in [1.165, 1.54) is 0 Å². The van der Waals surface area contributed by atoms with Gasteiger partial charge in [0.15, 0.2) is 0 Å². The van der Waals surface area contributed by atoms with Gasteiger partial charge < -0.3 is 9.72 Å². The first kappa shape index (κ1) is 22.2. The molecule has 0 bridgehead atoms. The van der Waals surface area contributed by atoms with Crippen molar-refractivity contribution in [2.24, 2.45) is 0 Å². The Kier molecular flexibility index (Phi) is 4.62. The number of aromatic amines is 2. The topological polar surface area (TPSA) is 92.4 Å². The Morgan fingerprint density at radius 3 is 2.46 bits per heavy atom. The summed E-state index contributed by atoms with van der Waals surface area (Å²) < 4.78 is 6.24. The zero-order valence-electron chi connectivity index (χ0n) is 22.0. The van der Waals surface area contributed by atoms with Gasteiger partial charge in [-0.25, -0.2) is 15.0 Å². The fourth-order valence-electron chi connectivity index (χ4n) is 5.83. The number of nitrogens with zero attached hydrogens (tertiary/aromatic N) is 4. The van der Waals surface area contributed by atoms with E-state index < -0.39 is 0 Å². The third kappa shape index (κ3) is 3.22. The van der Waals surface area contributed by atoms with Crippen molar-refractivity contribution in [3.8, 4) is 28.1 Å². The number of benzene rings is 4. The number of fused-ring (bicyclic) bond motifs is 11. The first-order chi connectivity index (χ1) is 19.1. The minimum Gasteiger partial charge on any atom is -0.486 e. The van der Waals surface area contributed by atoms with Crippen molar-refractivity contribution in [2.45, 2.75) is 39.7 Å². The van der Waals surface area contributed by atoms with Gasteiger partial charge in [0.25, 0.3) is 0 Å². The van der Waals surface area contributed by atoms with E-state index in [0.29, 0.717) is 6.61 Å². The molecule has 0 amide bonds. The van der Waals surface area contributed by atoms with Crippen LogP contribution in [0.25, 0.3) is 65.7 Å². The molecule has 1 aliphatic heterocycles. The number of rotatable bonds is 3. The molecule has 0 radical (unpaired) electrons. The highest BCUT2D eigenvalue weighted by Gasteiger charge is 2.23. The largest absolute Gasteiger partial charge is 0.486 e. The molecular formula is C32H26N6O. The summed E-state index contributed by atoms with van der Waals surface area (Å²) in [6, 6.07) is 17.5. The molecule has 1 aliphatic rings. The first-order valence-corrected chi connectivity index (χ1v) is 13.4. The summed E-state index contributed by atoms with van der Waals surface area (Å²) in [4.78, 5) is 18.0. The van der Waals surface area contributed by atoms with E-state index in [2.05, 4.69) is 84.5 Å². The number of hydrogen-bond acceptors (Lipinski definition) is 5. The Labute approximate surface area is 224 Å². The molecule has 3 aromatic heterocycles. The summed E-state index contributed by atoms with van der Waals surface area (Å²) in [5.41, 5.74) is 7.26. The number of nitrogens with one attached hydrogen (secondary N) is 2. The number of aromatic nitrogens is 6. The average Bonchev–Trinajstić information content (AvgIpc) is 3.62. The van der Waals surface area contributed by atoms with Crippen molar-refractivity contribution in [2.75, 3.05) is 0 Å². The molecule has 0 spiro atoms. The molecular weight excluding hydrogens is 484 g/mol. The summed E-state index contributed by atoms with van der Waals surface area (Å²) in [6.45, 7) is 6.87. The molecule has 7 aromatic rings. The lowest BCUT2D eigenvalue weighted by atomic mass is 9.94. The lowest BCUT2D eigenvalue weighted by molar-refractivity contribution is 0.301. The summed E-state index contributed by atoms with van der Waals surface area (Å²) in [7, 11) is 0. The van der Waals surface area contributed by atoms with Crippen molar-refractivity contribution in [3.63, 3.8) is 0 Å². The minimum atomic E-state index is 0.255. The number of ether oxygens (including phenoxy) is 1. The lowest BCUT2D eigenvalue weighted by Crippen LogP contribution is -2.05. The Morgan fingerprint density at radius 2 is 1.64 bits per heavy atom. The summed E-state index contributed by atoms with van der Waals surface area (Å²) in [5, 5.41) is 13.9. The van der Waals surface area contributed by atoms with Crippen LogP contribution in [-0.4, -0.2) is 30.1 Å². The second-order valence-corrected chi connectivity index (χ2v) is 10.6. The zero-order valence-corrected chi connectivity index (χ0v) is 22.0. The van der Waals surface area contributed by atoms with Crippen molar-refractivity contribution in [1.82, 2.24) is 30.1 Å². The maximum atomic E-state index is 6.24. The lowest BCUT2D eigenvalue weighted by Gasteiger charge is -2.19. The average molecular weight is 511 g/mol. The predicted molar refractivity (Wildman–Crippen MR) is 155 cm³/mol. The molecule has 7 heteroatoms. The van der Waals surface area contributed by atoms with Crippen LogP contribution in [0.2, 0.25) is 0 Å². The van der Waals surface area contributed by atoms with Crippen molar-refractivity contribution < 1.29 is 4.74 Å². The number of H-pyrrole nitrogens is 2. The Hall–Kier alpha value is -4.78. The van der Waals surface area contributed by atoms with Crippen molar-refractivity contribution >= 4 is 43.4 Å². The van der Waals surface area contributed by atoms with Crippen LogP contribution < -0.4 is 4.74 Å². The summed E-state index contributed by atoms with van der Waals surface area (Å²) >= 11 is 0. The fraction of sp³-hybridized carbons (Fsp3) is 0.188. The smallest absolute Gasteiger partial charge is 0.137 e. The van der Waals surface area contributed by atoms with Gasteiger partial charge in [0.1, 0.15) is 29.5 Å². The number of imidazole rings is 2. The molecule has 2 N–H and O–H groups in total. The zero-order chi connectivity index (χ0) is 26.2. The molecule has 0 saturated carbocycles. The Bertz CT molecular complexity index is 2100. The van der Waals surface area contributed by atoms with E-state index in [1.807, 2.05) is 12.4 Å². The second kappa shape index (κ2) is 8.11. The maximum Gasteiger partial charge on any atom is 0.137 e. The summed E-state index contributed by atoms with van der Waals surface area (Å²) in [6.07, 6.45) is 4.69. The van der Waals surface area contributed by atoms with E-state index in [4.69, 9.17) is 19.7 Å². The highest BCUT2D eigenvalue weighted by molar-refractivity contribution is 6.23. The van der Waals surface area contributed by atoms with Gasteiger partial charge in [0, 0.05) is 45.6 Å². The van der Waals surface area contributed by atoms with Crippen LogP contribution in [0, 0.1) is 0 Å². The first-order valence-electron chi connectivity index (χ1n) is 13.4. The predicted octanol–water partition coefficient (Wildman–Crippen LogP) is 7.45. The number of aryl methyl sites for hydroxylation is 1. The SMILES string of the molecule is CCc1nc2c([nH]1)COc1c-2ccc2cc(-c3ccc4c(c3)c3c[nH]ncc3c3nc(C(C)C)nc43)ccc12. The number of hydrogen-bond donors (Lipinski definition) is 2. The van der Waals surface area contributed by atoms with Crippen LogP contribution in [0.15, 0.2) is 60.9 Å². The van der Waals surface area contributed by atoms with Crippen molar-refractivity contribution in [1.29, 1.82) is 0 Å². The quantitative estimate of drug-likeness (QED) is 0.241. The molecule has 0 fully saturated rings. The van der Waals surface area contributed by atoms with Crippen LogP contribution in [0.1, 0.15) is 44.0 Å². The van der Waals surface area contributed by atoms with Gasteiger partial charge in [-0.15, -0.1) is 0 Å². The Balaban J connectivity index is 1.29. The third-order valence-electron chi connectivity index (χ3n) is 7.86. The van der Waals surface area contributed by atoms with Gasteiger partial charge in [-0.1, -0.05) is 51.1 Å². The molecule has 7 nitrogen and oxygen atoms in total. The normalized spacial score (nSPS) is 12.9. The molecule has 0 atom stereocenters. The van der Waals surface area contributed by atoms with E-state index >= 15 is 0 Å². The maximum absolute atomic E-state index is 6.24. The molecule has 8 rings (SSSR count). The highest BCUT2D eigenvalue weighted by atomic mass is 16.5. The van der Waals surface area contributed by atoms with Crippen LogP contribution >= 0.6 is 0 Å². The van der Waals surface area contributed by atoms with Gasteiger partial charge in [0.05, 0.1) is 23.1 Å². The van der Waals surface area contributed by atoms with Gasteiger partial charge in [-0.05, 0) is 40.1 Å². The van der Waals surface area contributed by atoms with Crippen LogP contribution in [0.5, 0.6) is 5.75 Å². The molecule has 4 heterocycles. The van der Waals surface area contributed by atoms with E-state index in [0.717, 1.165) is 95.2 Å². The van der Waals surface area contributed by atoms with E-state index in [9.17, 15) is 0 Å². The van der Waals surface area contributed by atoms with Gasteiger partial charge in [0.2, 0.25) is 0 Å². The monoisotopic (exact) mass is 510 g/mol. The second-order valence-electron chi connectivity index (χ2n) is 10.6. The fourth-order valence-corrected chi connectivity index (χ4v) is 5.83. The van der Waals surface area contributed by atoms with Crippen LogP contribution in [0.3, 0.4) is 0 Å². The molecule has 0 aliphatic carbocycles. The third-order valence-corrected chi connectivity index (χ3v) is 7.86. The van der Waals surface area contributed by atoms with Crippen molar-refractivity contribution in [3.05, 3.63) is 78.3 Å². The molecule has 0 saturated heterocycles. The highest BCUT2D eigenvalue weighted by Crippen LogP contribution is 2.43. The summed E-state index contributed by atoms with van der Waals surface area (Å²) in [5.74, 6) is 3.02. The molecule has 0 unspecified atom stereocenters. The molecule has 190 valence electrons. The molecule has 4 aromatic carbocycles.